The number of nitrogens with one attached hydrogen (secondary N) is 1. The van der Waals surface area contributed by atoms with Crippen LogP contribution in [0.2, 0.25) is 0 Å². The monoisotopic (exact) mass is 204 g/mol. The van der Waals surface area contributed by atoms with Gasteiger partial charge in [0, 0.05) is 6.54 Å². The summed E-state index contributed by atoms with van der Waals surface area (Å²) in [5, 5.41) is 10.3. The summed E-state index contributed by atoms with van der Waals surface area (Å²) in [4.78, 5) is 0. The highest BCUT2D eigenvalue weighted by molar-refractivity contribution is 5.30. The molecule has 0 fully saturated rings. The molecule has 0 aliphatic carbocycles. The van der Waals surface area contributed by atoms with Crippen molar-refractivity contribution in [2.75, 3.05) is 11.1 Å². The third-order valence-electron chi connectivity index (χ3n) is 2.13. The summed E-state index contributed by atoms with van der Waals surface area (Å²) < 4.78 is 4.99. The van der Waals surface area contributed by atoms with Gasteiger partial charge < -0.3 is 15.5 Å². The molecular weight excluding hydrogens is 192 g/mol. The Kier molecular flexibility index (Phi) is 2.53. The number of rotatable bonds is 3. The van der Waals surface area contributed by atoms with Gasteiger partial charge in [0.05, 0.1) is 0 Å². The van der Waals surface area contributed by atoms with Crippen molar-refractivity contribution in [1.29, 1.82) is 0 Å². The van der Waals surface area contributed by atoms with Gasteiger partial charge in [0.25, 0.3) is 0 Å². The third kappa shape index (κ3) is 2.25. The summed E-state index contributed by atoms with van der Waals surface area (Å²) >= 11 is 0. The number of hydrogen-bond acceptors (Lipinski definition) is 5. The average Bonchev–Trinajstić information content (AvgIpc) is 2.63. The number of anilines is 2. The highest BCUT2D eigenvalue weighted by Gasteiger charge is 2.02. The van der Waals surface area contributed by atoms with Crippen molar-refractivity contribution in [3.8, 4) is 0 Å². The quantitative estimate of drug-likeness (QED) is 0.793. The van der Waals surface area contributed by atoms with Crippen LogP contribution in [-0.2, 0) is 6.54 Å². The number of aromatic nitrogens is 2. The molecule has 0 saturated carbocycles. The van der Waals surface area contributed by atoms with Gasteiger partial charge in [-0.05, 0) is 18.1 Å². The number of nitrogens with zero attached hydrogens (tertiary/aromatic N) is 2. The second-order valence-corrected chi connectivity index (χ2v) is 3.23. The summed E-state index contributed by atoms with van der Waals surface area (Å²) in [6.45, 7) is 2.70. The zero-order valence-corrected chi connectivity index (χ0v) is 8.40. The van der Waals surface area contributed by atoms with E-state index in [9.17, 15) is 0 Å². The maximum Gasteiger partial charge on any atom is 0.317 e. The maximum absolute atomic E-state index is 5.30. The molecule has 2 aromatic rings. The Morgan fingerprint density at radius 2 is 2.13 bits per heavy atom. The minimum absolute atomic E-state index is 0.0716. The highest BCUT2D eigenvalue weighted by atomic mass is 16.4. The van der Waals surface area contributed by atoms with E-state index in [0.717, 1.165) is 0 Å². The molecule has 0 amide bonds. The molecule has 1 heterocycles. The van der Waals surface area contributed by atoms with Crippen LogP contribution in [0, 0.1) is 6.92 Å². The van der Waals surface area contributed by atoms with Gasteiger partial charge in [-0.25, -0.2) is 0 Å². The van der Waals surface area contributed by atoms with Gasteiger partial charge in [0.15, 0.2) is 0 Å². The van der Waals surface area contributed by atoms with E-state index in [4.69, 9.17) is 10.2 Å². The van der Waals surface area contributed by atoms with E-state index < -0.39 is 0 Å². The maximum atomic E-state index is 5.30. The van der Waals surface area contributed by atoms with Gasteiger partial charge in [0.2, 0.25) is 0 Å². The Hall–Kier alpha value is -2.04. The number of aryl methyl sites for hydroxylation is 1. The van der Waals surface area contributed by atoms with Crippen molar-refractivity contribution in [1.82, 2.24) is 10.2 Å². The Morgan fingerprint density at radius 1 is 1.33 bits per heavy atom. The summed E-state index contributed by atoms with van der Waals surface area (Å²) in [5.74, 6) is 0. The second-order valence-electron chi connectivity index (χ2n) is 3.23. The lowest BCUT2D eigenvalue weighted by Crippen LogP contribution is -2.01. The van der Waals surface area contributed by atoms with Crippen molar-refractivity contribution in [2.45, 2.75) is 13.5 Å². The molecule has 3 N–H and O–H groups in total. The standard InChI is InChI=1S/C10H12N4O/c1-7-4-2-3-5-8(7)6-12-10-14-13-9(11)15-10/h2-5H,6H2,1H3,(H2,11,13)(H,12,14). The van der Waals surface area contributed by atoms with E-state index in [0.29, 0.717) is 12.6 Å². The zero-order valence-electron chi connectivity index (χ0n) is 8.40. The van der Waals surface area contributed by atoms with Crippen molar-refractivity contribution < 1.29 is 4.42 Å². The molecule has 15 heavy (non-hydrogen) atoms. The first-order valence-corrected chi connectivity index (χ1v) is 4.63. The van der Waals surface area contributed by atoms with Gasteiger partial charge in [-0.1, -0.05) is 34.5 Å². The van der Waals surface area contributed by atoms with E-state index in [2.05, 4.69) is 28.5 Å². The molecule has 0 atom stereocenters. The van der Waals surface area contributed by atoms with Crippen molar-refractivity contribution in [3.63, 3.8) is 0 Å². The molecule has 2 rings (SSSR count). The van der Waals surface area contributed by atoms with Gasteiger partial charge in [0.1, 0.15) is 0 Å². The fraction of sp³-hybridized carbons (Fsp3) is 0.200. The molecule has 0 saturated heterocycles. The zero-order chi connectivity index (χ0) is 10.7. The van der Waals surface area contributed by atoms with E-state index >= 15 is 0 Å². The van der Waals surface area contributed by atoms with E-state index in [1.54, 1.807) is 0 Å². The lowest BCUT2D eigenvalue weighted by Gasteiger charge is -2.04. The smallest absolute Gasteiger partial charge is 0.317 e. The molecule has 0 spiro atoms. The van der Waals surface area contributed by atoms with Crippen LogP contribution in [0.1, 0.15) is 11.1 Å². The topological polar surface area (TPSA) is 77.0 Å². The van der Waals surface area contributed by atoms with E-state index in [1.807, 2.05) is 18.2 Å². The van der Waals surface area contributed by atoms with Crippen molar-refractivity contribution in [3.05, 3.63) is 35.4 Å². The van der Waals surface area contributed by atoms with Gasteiger partial charge >= 0.3 is 12.0 Å². The molecule has 0 radical (unpaired) electrons. The predicted molar refractivity (Wildman–Crippen MR) is 57.2 cm³/mol. The summed E-state index contributed by atoms with van der Waals surface area (Å²) in [5.41, 5.74) is 7.71. The number of nitrogen functional groups attached to an aromatic ring is 1. The van der Waals surface area contributed by atoms with Crippen LogP contribution in [-0.4, -0.2) is 10.2 Å². The third-order valence-corrected chi connectivity index (χ3v) is 2.13. The predicted octanol–water partition coefficient (Wildman–Crippen LogP) is 1.57. The van der Waals surface area contributed by atoms with Crippen LogP contribution >= 0.6 is 0 Å². The molecule has 0 aliphatic rings. The van der Waals surface area contributed by atoms with Crippen LogP contribution in [0.5, 0.6) is 0 Å². The van der Waals surface area contributed by atoms with Crippen LogP contribution in [0.4, 0.5) is 12.0 Å². The Labute approximate surface area is 87.3 Å². The van der Waals surface area contributed by atoms with Crippen LogP contribution in [0.3, 0.4) is 0 Å². The Morgan fingerprint density at radius 3 is 2.80 bits per heavy atom. The van der Waals surface area contributed by atoms with Crippen molar-refractivity contribution >= 4 is 12.0 Å². The second kappa shape index (κ2) is 4.00. The van der Waals surface area contributed by atoms with Crippen molar-refractivity contribution in [2.24, 2.45) is 0 Å². The molecule has 0 bridgehead atoms. The molecule has 0 unspecified atom stereocenters. The summed E-state index contributed by atoms with van der Waals surface area (Å²) in [7, 11) is 0. The minimum Gasteiger partial charge on any atom is -0.390 e. The minimum atomic E-state index is 0.0716. The lowest BCUT2D eigenvalue weighted by atomic mass is 10.1. The fourth-order valence-electron chi connectivity index (χ4n) is 1.29. The van der Waals surface area contributed by atoms with Gasteiger partial charge in [-0.3, -0.25) is 0 Å². The number of benzene rings is 1. The van der Waals surface area contributed by atoms with Crippen LogP contribution < -0.4 is 11.1 Å². The first-order chi connectivity index (χ1) is 7.25. The summed E-state index contributed by atoms with van der Waals surface area (Å²) in [6.07, 6.45) is 0. The first kappa shape index (κ1) is 9.51. The number of hydrogen-bond donors (Lipinski definition) is 2. The SMILES string of the molecule is Cc1ccccc1CNc1nnc(N)o1. The average molecular weight is 204 g/mol. The highest BCUT2D eigenvalue weighted by Crippen LogP contribution is 2.11. The van der Waals surface area contributed by atoms with Gasteiger partial charge in [-0.15, -0.1) is 0 Å². The number of nitrogens with two attached hydrogens (primary N) is 1. The molecule has 1 aromatic heterocycles. The summed E-state index contributed by atoms with van der Waals surface area (Å²) in [6, 6.07) is 8.51. The van der Waals surface area contributed by atoms with Gasteiger partial charge in [-0.2, -0.15) is 0 Å². The lowest BCUT2D eigenvalue weighted by molar-refractivity contribution is 0.586. The Balaban J connectivity index is 2.02. The molecule has 1 aromatic carbocycles. The van der Waals surface area contributed by atoms with Crippen LogP contribution in [0.25, 0.3) is 0 Å². The fourth-order valence-corrected chi connectivity index (χ4v) is 1.29. The first-order valence-electron chi connectivity index (χ1n) is 4.63. The molecular formula is C10H12N4O. The molecule has 5 nitrogen and oxygen atoms in total. The van der Waals surface area contributed by atoms with Crippen LogP contribution in [0.15, 0.2) is 28.7 Å². The molecule has 0 aliphatic heterocycles. The Bertz CT molecular complexity index is 452. The normalized spacial score (nSPS) is 10.2. The van der Waals surface area contributed by atoms with E-state index in [1.165, 1.54) is 11.1 Å². The molecule has 78 valence electrons. The largest absolute Gasteiger partial charge is 0.390 e. The molecule has 5 heteroatoms. The van der Waals surface area contributed by atoms with E-state index in [-0.39, 0.29) is 6.01 Å².